The van der Waals surface area contributed by atoms with Crippen LogP contribution >= 0.6 is 0 Å². The molecule has 0 bridgehead atoms. The predicted molar refractivity (Wildman–Crippen MR) is 112 cm³/mol. The number of piperidine rings is 1. The van der Waals surface area contributed by atoms with Crippen molar-refractivity contribution in [2.45, 2.75) is 39.3 Å². The van der Waals surface area contributed by atoms with Crippen molar-refractivity contribution in [1.82, 2.24) is 4.90 Å². The maximum atomic E-state index is 12.3. The minimum Gasteiger partial charge on any atom is -0.497 e. The van der Waals surface area contributed by atoms with Crippen LogP contribution in [0.5, 0.6) is 11.5 Å². The zero-order valence-electron chi connectivity index (χ0n) is 17.3. The van der Waals surface area contributed by atoms with Crippen molar-refractivity contribution in [1.29, 1.82) is 0 Å². The van der Waals surface area contributed by atoms with Crippen LogP contribution in [0.3, 0.4) is 0 Å². The number of likely N-dealkylation sites (tertiary alicyclic amines) is 1. The van der Waals surface area contributed by atoms with Crippen LogP contribution in [0.25, 0.3) is 0 Å². The lowest BCUT2D eigenvalue weighted by molar-refractivity contribution is -0.117. The summed E-state index contributed by atoms with van der Waals surface area (Å²) in [7, 11) is 3.35. The van der Waals surface area contributed by atoms with Gasteiger partial charge in [0.05, 0.1) is 14.2 Å². The Morgan fingerprint density at radius 2 is 1.75 bits per heavy atom. The van der Waals surface area contributed by atoms with Gasteiger partial charge in [0, 0.05) is 49.9 Å². The van der Waals surface area contributed by atoms with Crippen LogP contribution in [0.4, 0.5) is 5.69 Å². The number of hydrogen-bond acceptors (Lipinski definition) is 4. The number of carbonyl (C=O) groups is 1. The summed E-state index contributed by atoms with van der Waals surface area (Å²) >= 11 is 0. The van der Waals surface area contributed by atoms with E-state index in [2.05, 4.69) is 30.0 Å². The van der Waals surface area contributed by atoms with Crippen LogP contribution < -0.4 is 14.4 Å². The summed E-state index contributed by atoms with van der Waals surface area (Å²) in [5.74, 6) is 1.76. The molecule has 1 aliphatic heterocycles. The number of carbonyl (C=O) groups excluding carboxylic acids is 1. The Balaban J connectivity index is 1.65. The lowest BCUT2D eigenvalue weighted by Gasteiger charge is -2.38. The third kappa shape index (κ3) is 4.65. The predicted octanol–water partition coefficient (Wildman–Crippen LogP) is 4.03. The molecule has 0 aliphatic carbocycles. The standard InChI is InChI=1S/C23H30N2O3/c1-17-5-8-20(9-6-17)25(18(2)26)21-11-13-24(14-12-21)16-19-7-10-22(27-3)15-23(19)28-4/h5-10,15,21H,11-14,16H2,1-4H3. The fourth-order valence-electron chi connectivity index (χ4n) is 3.91. The number of benzene rings is 2. The highest BCUT2D eigenvalue weighted by molar-refractivity contribution is 5.92. The average molecular weight is 383 g/mol. The zero-order valence-corrected chi connectivity index (χ0v) is 17.3. The number of aryl methyl sites for hydroxylation is 1. The molecule has 150 valence electrons. The van der Waals surface area contributed by atoms with E-state index in [9.17, 15) is 4.79 Å². The summed E-state index contributed by atoms with van der Waals surface area (Å²) in [5, 5.41) is 0. The van der Waals surface area contributed by atoms with E-state index in [4.69, 9.17) is 9.47 Å². The van der Waals surface area contributed by atoms with E-state index in [1.807, 2.05) is 29.2 Å². The van der Waals surface area contributed by atoms with Crippen molar-refractivity contribution in [3.63, 3.8) is 0 Å². The number of ether oxygens (including phenoxy) is 2. The molecule has 0 unspecified atom stereocenters. The van der Waals surface area contributed by atoms with Gasteiger partial charge in [0.1, 0.15) is 11.5 Å². The Labute approximate surface area is 167 Å². The van der Waals surface area contributed by atoms with Crippen molar-refractivity contribution >= 4 is 11.6 Å². The molecule has 2 aromatic carbocycles. The third-order valence-corrected chi connectivity index (χ3v) is 5.46. The van der Waals surface area contributed by atoms with Crippen LogP contribution in [0.1, 0.15) is 30.9 Å². The first-order valence-corrected chi connectivity index (χ1v) is 9.81. The molecule has 0 aromatic heterocycles. The van der Waals surface area contributed by atoms with Crippen LogP contribution in [-0.2, 0) is 11.3 Å². The molecule has 1 saturated heterocycles. The maximum absolute atomic E-state index is 12.3. The Bertz CT molecular complexity index is 796. The molecular weight excluding hydrogens is 352 g/mol. The van der Waals surface area contributed by atoms with Gasteiger partial charge in [-0.25, -0.2) is 0 Å². The first kappa shape index (κ1) is 20.2. The Morgan fingerprint density at radius 1 is 1.07 bits per heavy atom. The van der Waals surface area contributed by atoms with Crippen LogP contribution in [0.15, 0.2) is 42.5 Å². The highest BCUT2D eigenvalue weighted by Gasteiger charge is 2.27. The van der Waals surface area contributed by atoms with Crippen molar-refractivity contribution < 1.29 is 14.3 Å². The van der Waals surface area contributed by atoms with Gasteiger partial charge < -0.3 is 14.4 Å². The largest absolute Gasteiger partial charge is 0.497 e. The topological polar surface area (TPSA) is 42.0 Å². The van der Waals surface area contributed by atoms with Crippen molar-refractivity contribution in [2.24, 2.45) is 0 Å². The molecule has 3 rings (SSSR count). The second kappa shape index (κ2) is 9.11. The van der Waals surface area contributed by atoms with E-state index in [0.717, 1.165) is 55.2 Å². The molecule has 5 nitrogen and oxygen atoms in total. The first-order chi connectivity index (χ1) is 13.5. The molecule has 0 saturated carbocycles. The molecule has 0 N–H and O–H groups in total. The summed E-state index contributed by atoms with van der Waals surface area (Å²) in [6.45, 7) is 6.47. The average Bonchev–Trinajstić information content (AvgIpc) is 2.71. The van der Waals surface area contributed by atoms with Gasteiger partial charge in [-0.2, -0.15) is 0 Å². The van der Waals surface area contributed by atoms with E-state index in [-0.39, 0.29) is 11.9 Å². The summed E-state index contributed by atoms with van der Waals surface area (Å²) < 4.78 is 10.8. The SMILES string of the molecule is COc1ccc(CN2CCC(N(C(C)=O)c3ccc(C)cc3)CC2)c(OC)c1. The molecule has 0 radical (unpaired) electrons. The molecule has 2 aromatic rings. The van der Waals surface area contributed by atoms with E-state index < -0.39 is 0 Å². The van der Waals surface area contributed by atoms with Crippen molar-refractivity contribution in [2.75, 3.05) is 32.2 Å². The fourth-order valence-corrected chi connectivity index (χ4v) is 3.91. The van der Waals surface area contributed by atoms with Crippen LogP contribution in [0, 0.1) is 6.92 Å². The Kier molecular flexibility index (Phi) is 6.57. The van der Waals surface area contributed by atoms with Gasteiger partial charge in [-0.15, -0.1) is 0 Å². The molecule has 5 heteroatoms. The number of rotatable bonds is 6. The van der Waals surface area contributed by atoms with E-state index >= 15 is 0 Å². The maximum Gasteiger partial charge on any atom is 0.224 e. The molecule has 28 heavy (non-hydrogen) atoms. The summed E-state index contributed by atoms with van der Waals surface area (Å²) in [5.41, 5.74) is 3.35. The highest BCUT2D eigenvalue weighted by atomic mass is 16.5. The molecule has 1 aliphatic rings. The van der Waals surface area contributed by atoms with Gasteiger partial charge in [-0.05, 0) is 38.0 Å². The lowest BCUT2D eigenvalue weighted by atomic mass is 10.0. The van der Waals surface area contributed by atoms with Gasteiger partial charge in [0.15, 0.2) is 0 Å². The normalized spacial score (nSPS) is 15.3. The smallest absolute Gasteiger partial charge is 0.224 e. The third-order valence-electron chi connectivity index (χ3n) is 5.46. The van der Waals surface area contributed by atoms with Gasteiger partial charge >= 0.3 is 0 Å². The second-order valence-corrected chi connectivity index (χ2v) is 7.41. The van der Waals surface area contributed by atoms with Gasteiger partial charge in [0.25, 0.3) is 0 Å². The number of methoxy groups -OCH3 is 2. The molecule has 1 amide bonds. The monoisotopic (exact) mass is 382 g/mol. The van der Waals surface area contributed by atoms with Gasteiger partial charge in [-0.1, -0.05) is 23.8 Å². The van der Waals surface area contributed by atoms with E-state index in [0.29, 0.717) is 0 Å². The molecule has 1 fully saturated rings. The van der Waals surface area contributed by atoms with Crippen molar-refractivity contribution in [3.05, 3.63) is 53.6 Å². The summed E-state index contributed by atoms with van der Waals surface area (Å²) in [4.78, 5) is 16.7. The fraction of sp³-hybridized carbons (Fsp3) is 0.435. The number of amides is 1. The van der Waals surface area contributed by atoms with Gasteiger partial charge in [-0.3, -0.25) is 9.69 Å². The molecule has 1 heterocycles. The first-order valence-electron chi connectivity index (χ1n) is 9.81. The molecular formula is C23H30N2O3. The number of anilines is 1. The molecule has 0 spiro atoms. The van der Waals surface area contributed by atoms with Crippen LogP contribution in [-0.4, -0.2) is 44.2 Å². The number of hydrogen-bond donors (Lipinski definition) is 0. The molecule has 0 atom stereocenters. The zero-order chi connectivity index (χ0) is 20.1. The van der Waals surface area contributed by atoms with E-state index in [1.54, 1.807) is 21.1 Å². The summed E-state index contributed by atoms with van der Waals surface area (Å²) in [6.07, 6.45) is 1.93. The lowest BCUT2D eigenvalue weighted by Crippen LogP contribution is -2.46. The second-order valence-electron chi connectivity index (χ2n) is 7.41. The highest BCUT2D eigenvalue weighted by Crippen LogP contribution is 2.28. The van der Waals surface area contributed by atoms with Crippen molar-refractivity contribution in [3.8, 4) is 11.5 Å². The summed E-state index contributed by atoms with van der Waals surface area (Å²) in [6, 6.07) is 14.4. The van der Waals surface area contributed by atoms with Gasteiger partial charge in [0.2, 0.25) is 5.91 Å². The minimum atomic E-state index is 0.110. The van der Waals surface area contributed by atoms with E-state index in [1.165, 1.54) is 5.56 Å². The van der Waals surface area contributed by atoms with Crippen LogP contribution in [0.2, 0.25) is 0 Å². The minimum absolute atomic E-state index is 0.110. The Hall–Kier alpha value is -2.53. The quantitative estimate of drug-likeness (QED) is 0.756. The number of nitrogens with zero attached hydrogens (tertiary/aromatic N) is 2. The Morgan fingerprint density at radius 3 is 2.32 bits per heavy atom.